The second kappa shape index (κ2) is 12.2. The molecule has 35 heavy (non-hydrogen) atoms. The van der Waals surface area contributed by atoms with Crippen LogP contribution >= 0.6 is 0 Å². The lowest BCUT2D eigenvalue weighted by molar-refractivity contribution is -0.384. The van der Waals surface area contributed by atoms with Gasteiger partial charge < -0.3 is 4.74 Å². The van der Waals surface area contributed by atoms with Crippen LogP contribution in [0.2, 0.25) is 0 Å². The number of ether oxygens (including phenoxy) is 1. The fourth-order valence-electron chi connectivity index (χ4n) is 4.02. The van der Waals surface area contributed by atoms with Crippen LogP contribution in [0.4, 0.5) is 11.4 Å². The third-order valence-corrected chi connectivity index (χ3v) is 6.70. The number of carbonyl (C=O) groups is 1. The molecule has 184 valence electrons. The number of rotatable bonds is 11. The van der Waals surface area contributed by atoms with Gasteiger partial charge in [-0.05, 0) is 43.0 Å². The number of carbonyl (C=O) groups excluding carboxylic acids is 1. The van der Waals surface area contributed by atoms with Gasteiger partial charge in [0.2, 0.25) is 0 Å². The van der Waals surface area contributed by atoms with Crippen molar-refractivity contribution in [1.82, 2.24) is 0 Å². The molecule has 0 spiro atoms. The van der Waals surface area contributed by atoms with Crippen LogP contribution in [0.3, 0.4) is 0 Å². The van der Waals surface area contributed by atoms with Gasteiger partial charge in [0.25, 0.3) is 17.0 Å². The quantitative estimate of drug-likeness (QED) is 0.165. The Morgan fingerprint density at radius 1 is 1.00 bits per heavy atom. The summed E-state index contributed by atoms with van der Waals surface area (Å²) in [5.74, 6) is -1.00. The summed E-state index contributed by atoms with van der Waals surface area (Å²) in [6.45, 7) is 2.15. The highest BCUT2D eigenvalue weighted by Gasteiger charge is 2.26. The van der Waals surface area contributed by atoms with Gasteiger partial charge in [-0.2, -0.15) is 0 Å². The van der Waals surface area contributed by atoms with Crippen molar-refractivity contribution in [1.29, 1.82) is 0 Å². The summed E-state index contributed by atoms with van der Waals surface area (Å²) in [4.78, 5) is 23.0. The van der Waals surface area contributed by atoms with E-state index in [0.29, 0.717) is 18.5 Å². The molecule has 0 amide bonds. The zero-order chi connectivity index (χ0) is 25.4. The van der Waals surface area contributed by atoms with E-state index < -0.39 is 22.1 Å². The average Bonchev–Trinajstić information content (AvgIpc) is 2.87. The maximum Gasteiger partial charge on any atom is 0.313 e. The number of hydrogen-bond acceptors (Lipinski definition) is 5. The van der Waals surface area contributed by atoms with Gasteiger partial charge in [0.1, 0.15) is 0 Å². The molecule has 0 radical (unpaired) electrons. The van der Waals surface area contributed by atoms with Crippen LogP contribution in [-0.4, -0.2) is 33.3 Å². The Morgan fingerprint density at radius 2 is 1.63 bits per heavy atom. The van der Waals surface area contributed by atoms with E-state index in [1.54, 1.807) is 0 Å². The molecule has 0 saturated heterocycles. The van der Waals surface area contributed by atoms with Gasteiger partial charge in [-0.25, -0.2) is 4.21 Å². The van der Waals surface area contributed by atoms with E-state index >= 15 is 0 Å². The number of benzene rings is 3. The molecule has 9 heteroatoms. The summed E-state index contributed by atoms with van der Waals surface area (Å²) in [5, 5.41) is 11.0. The monoisotopic (exact) mass is 496 g/mol. The predicted octanol–water partition coefficient (Wildman–Crippen LogP) is 5.37. The fourth-order valence-corrected chi connectivity index (χ4v) is 4.63. The number of hydrogen-bond donors (Lipinski definition) is 1. The minimum absolute atomic E-state index is 0.101. The third-order valence-electron chi connectivity index (χ3n) is 5.96. The van der Waals surface area contributed by atoms with E-state index in [1.165, 1.54) is 35.7 Å². The molecule has 0 heterocycles. The number of nitrogens with zero attached hydrogens (tertiary/aromatic N) is 2. The van der Waals surface area contributed by atoms with Crippen molar-refractivity contribution in [2.24, 2.45) is 0 Å². The van der Waals surface area contributed by atoms with Crippen LogP contribution in [-0.2, 0) is 20.8 Å². The van der Waals surface area contributed by atoms with E-state index in [1.807, 2.05) is 61.5 Å². The smallest absolute Gasteiger partial charge is 0.313 e. The highest BCUT2D eigenvalue weighted by molar-refractivity contribution is 7.80. The fraction of sp³-hybridized carbons (Fsp3) is 0.269. The summed E-state index contributed by atoms with van der Waals surface area (Å²) >= 11 is -2.36. The molecule has 0 saturated carbocycles. The Labute approximate surface area is 207 Å². The zero-order valence-corrected chi connectivity index (χ0v) is 20.4. The Hall–Kier alpha value is -3.56. The first kappa shape index (κ1) is 26.1. The Kier molecular flexibility index (Phi) is 9.11. The number of aryl methyl sites for hydroxylation is 1. The van der Waals surface area contributed by atoms with Crippen LogP contribution < -0.4 is 4.31 Å². The van der Waals surface area contributed by atoms with Crippen molar-refractivity contribution in [2.75, 3.05) is 18.0 Å². The highest BCUT2D eigenvalue weighted by Crippen LogP contribution is 2.32. The number of nitro groups is 1. The number of non-ortho nitro benzene ring substituents is 1. The normalized spacial score (nSPS) is 13.5. The molecule has 1 N–H and O–H groups in total. The Morgan fingerprint density at radius 3 is 2.17 bits per heavy atom. The van der Waals surface area contributed by atoms with Gasteiger partial charge in [-0.1, -0.05) is 60.2 Å². The SMILES string of the molecule is COC(=O)C(CCC(CN(c1ccc([N+](=O)[O-])cc1)S(=O)O)c1ccc(C)cc1)c1ccccc1. The number of esters is 1. The molecule has 0 fully saturated rings. The van der Waals surface area contributed by atoms with Gasteiger partial charge in [0.05, 0.1) is 23.6 Å². The number of methoxy groups -OCH3 is 1. The molecule has 3 aromatic carbocycles. The first-order chi connectivity index (χ1) is 16.8. The molecule has 3 aromatic rings. The molecule has 0 bridgehead atoms. The minimum Gasteiger partial charge on any atom is -0.469 e. The summed E-state index contributed by atoms with van der Waals surface area (Å²) in [6.07, 6.45) is 1.01. The summed E-state index contributed by atoms with van der Waals surface area (Å²) < 4.78 is 28.7. The molecule has 8 nitrogen and oxygen atoms in total. The second-order valence-electron chi connectivity index (χ2n) is 8.24. The van der Waals surface area contributed by atoms with Crippen molar-refractivity contribution in [3.05, 3.63) is 106 Å². The molecule has 3 unspecified atom stereocenters. The van der Waals surface area contributed by atoms with Crippen molar-refractivity contribution in [3.63, 3.8) is 0 Å². The first-order valence-corrected chi connectivity index (χ1v) is 12.2. The van der Waals surface area contributed by atoms with Crippen LogP contribution in [0.25, 0.3) is 0 Å². The molecule has 0 aliphatic carbocycles. The zero-order valence-electron chi connectivity index (χ0n) is 19.6. The number of nitro benzene ring substituents is 1. The molecule has 0 aliphatic heterocycles. The Balaban J connectivity index is 1.89. The largest absolute Gasteiger partial charge is 0.469 e. The molecular weight excluding hydrogens is 468 g/mol. The summed E-state index contributed by atoms with van der Waals surface area (Å²) in [5.41, 5.74) is 3.18. The van der Waals surface area contributed by atoms with Crippen molar-refractivity contribution in [3.8, 4) is 0 Å². The first-order valence-electron chi connectivity index (χ1n) is 11.1. The predicted molar refractivity (Wildman–Crippen MR) is 136 cm³/mol. The van der Waals surface area contributed by atoms with Gasteiger partial charge in [-0.15, -0.1) is 0 Å². The lowest BCUT2D eigenvalue weighted by Gasteiger charge is -2.27. The van der Waals surface area contributed by atoms with Crippen LogP contribution in [0, 0.1) is 17.0 Å². The van der Waals surface area contributed by atoms with Gasteiger partial charge in [0, 0.05) is 24.6 Å². The van der Waals surface area contributed by atoms with Crippen LogP contribution in [0.5, 0.6) is 0 Å². The van der Waals surface area contributed by atoms with E-state index in [2.05, 4.69) is 0 Å². The molecule has 0 aromatic heterocycles. The molecule has 3 rings (SSSR count). The molecular formula is C26H28N2O6S. The summed E-state index contributed by atoms with van der Waals surface area (Å²) in [6, 6.07) is 22.8. The molecule has 3 atom stereocenters. The van der Waals surface area contributed by atoms with E-state index in [9.17, 15) is 23.7 Å². The van der Waals surface area contributed by atoms with Gasteiger partial charge in [-0.3, -0.25) is 23.8 Å². The van der Waals surface area contributed by atoms with Gasteiger partial charge >= 0.3 is 5.97 Å². The van der Waals surface area contributed by atoms with Crippen molar-refractivity contribution in [2.45, 2.75) is 31.6 Å². The number of anilines is 1. The maximum atomic E-state index is 12.6. The highest BCUT2D eigenvalue weighted by atomic mass is 32.2. The van der Waals surface area contributed by atoms with Crippen molar-refractivity contribution >= 4 is 28.6 Å². The van der Waals surface area contributed by atoms with Gasteiger partial charge in [0.15, 0.2) is 0 Å². The van der Waals surface area contributed by atoms with E-state index in [4.69, 9.17) is 4.74 Å². The maximum absolute atomic E-state index is 12.6. The lowest BCUT2D eigenvalue weighted by Crippen LogP contribution is -2.30. The standard InChI is InChI=1S/C26H28N2O6S/c1-19-8-10-20(11-9-19)22(12-17-25(26(29)34-2)21-6-4-3-5-7-21)18-27(35(32)33)23-13-15-24(16-14-23)28(30)31/h3-11,13-16,22,25H,12,17-18H2,1-2H3,(H,32,33). The topological polar surface area (TPSA) is 110 Å². The van der Waals surface area contributed by atoms with E-state index in [0.717, 1.165) is 16.7 Å². The third kappa shape index (κ3) is 6.97. The Bertz CT molecular complexity index is 1150. The summed E-state index contributed by atoms with van der Waals surface area (Å²) in [7, 11) is 1.36. The molecule has 0 aliphatic rings. The van der Waals surface area contributed by atoms with E-state index in [-0.39, 0.29) is 24.1 Å². The van der Waals surface area contributed by atoms with Crippen LogP contribution in [0.1, 0.15) is 41.4 Å². The van der Waals surface area contributed by atoms with Crippen molar-refractivity contribution < 1.29 is 23.2 Å². The minimum atomic E-state index is -2.36. The average molecular weight is 497 g/mol. The van der Waals surface area contributed by atoms with Crippen LogP contribution in [0.15, 0.2) is 78.9 Å². The lowest BCUT2D eigenvalue weighted by atomic mass is 9.87. The second-order valence-corrected chi connectivity index (χ2v) is 9.14.